The van der Waals surface area contributed by atoms with Gasteiger partial charge < -0.3 is 15.8 Å². The van der Waals surface area contributed by atoms with E-state index in [9.17, 15) is 4.79 Å². The minimum absolute atomic E-state index is 0.0719. The molecule has 1 amide bonds. The normalized spacial score (nSPS) is 14.3. The van der Waals surface area contributed by atoms with Gasteiger partial charge in [-0.3, -0.25) is 10.2 Å². The van der Waals surface area contributed by atoms with Crippen molar-refractivity contribution in [3.63, 3.8) is 0 Å². The maximum absolute atomic E-state index is 11.3. The number of benzene rings is 1. The fraction of sp³-hybridized carbons (Fsp3) is 0.500. The Morgan fingerprint density at radius 3 is 2.90 bits per heavy atom. The Balaban J connectivity index is 1.85. The van der Waals surface area contributed by atoms with E-state index in [1.807, 2.05) is 32.0 Å². The number of ether oxygens (including phenoxy) is 1. The molecule has 0 fully saturated rings. The maximum atomic E-state index is 11.3. The van der Waals surface area contributed by atoms with Gasteiger partial charge in [-0.2, -0.15) is 0 Å². The largest absolute Gasteiger partial charge is 0.494 e. The number of rotatable bonds is 6. The van der Waals surface area contributed by atoms with Crippen LogP contribution in [0.2, 0.25) is 0 Å². The molecule has 1 aliphatic rings. The van der Waals surface area contributed by atoms with Gasteiger partial charge in [-0.1, -0.05) is 13.8 Å². The Morgan fingerprint density at radius 1 is 1.43 bits per heavy atom. The number of amidine groups is 1. The molecule has 1 aliphatic heterocycles. The van der Waals surface area contributed by atoms with E-state index in [0.29, 0.717) is 13.0 Å². The number of carbonyl (C=O) groups excluding carboxylic acids is 1. The molecule has 2 rings (SSSR count). The highest BCUT2D eigenvalue weighted by molar-refractivity contribution is 5.94. The van der Waals surface area contributed by atoms with Gasteiger partial charge in [0, 0.05) is 17.5 Å². The summed E-state index contributed by atoms with van der Waals surface area (Å²) in [6.07, 6.45) is 2.96. The highest BCUT2D eigenvalue weighted by Gasteiger charge is 2.21. The van der Waals surface area contributed by atoms with Crippen LogP contribution in [0.5, 0.6) is 5.75 Å². The Morgan fingerprint density at radius 2 is 2.19 bits per heavy atom. The number of anilines is 1. The van der Waals surface area contributed by atoms with Gasteiger partial charge in [0.15, 0.2) is 0 Å². The van der Waals surface area contributed by atoms with Gasteiger partial charge in [0.2, 0.25) is 5.91 Å². The Kier molecular flexibility index (Phi) is 4.50. The number of hydrogen-bond acceptors (Lipinski definition) is 3. The Hall–Kier alpha value is -2.04. The van der Waals surface area contributed by atoms with Gasteiger partial charge in [-0.05, 0) is 43.0 Å². The third-order valence-electron chi connectivity index (χ3n) is 3.92. The van der Waals surface area contributed by atoms with Gasteiger partial charge >= 0.3 is 0 Å². The van der Waals surface area contributed by atoms with Crippen molar-refractivity contribution in [1.29, 1.82) is 5.41 Å². The van der Waals surface area contributed by atoms with Crippen molar-refractivity contribution in [3.05, 3.63) is 23.8 Å². The number of carbonyl (C=O) groups is 1. The first kappa shape index (κ1) is 15.4. The highest BCUT2D eigenvalue weighted by Crippen LogP contribution is 2.27. The lowest BCUT2D eigenvalue weighted by atomic mass is 9.87. The van der Waals surface area contributed by atoms with Crippen LogP contribution in [0.4, 0.5) is 5.69 Å². The predicted octanol–water partition coefficient (Wildman–Crippen LogP) is 2.69. The fourth-order valence-corrected chi connectivity index (χ4v) is 2.29. The number of nitrogens with two attached hydrogens (primary N) is 1. The standard InChI is InChI=1S/C16H23N3O2/c1-16(2,15(17)18)8-3-9-21-12-5-6-13-11(10-12)4-7-14(20)19-13/h5-6,10H,3-4,7-9H2,1-2H3,(H3,17,18)(H,19,20). The van der Waals surface area contributed by atoms with Crippen molar-refractivity contribution in [2.75, 3.05) is 11.9 Å². The van der Waals surface area contributed by atoms with Gasteiger partial charge in [0.25, 0.3) is 0 Å². The van der Waals surface area contributed by atoms with E-state index < -0.39 is 0 Å². The highest BCUT2D eigenvalue weighted by atomic mass is 16.5. The van der Waals surface area contributed by atoms with Crippen LogP contribution in [0.15, 0.2) is 18.2 Å². The van der Waals surface area contributed by atoms with Crippen LogP contribution in [0.25, 0.3) is 0 Å². The molecule has 0 aromatic heterocycles. The molecule has 0 saturated carbocycles. The van der Waals surface area contributed by atoms with Crippen LogP contribution in [0.3, 0.4) is 0 Å². The summed E-state index contributed by atoms with van der Waals surface area (Å²) in [6.45, 7) is 4.54. The van der Waals surface area contributed by atoms with Crippen molar-refractivity contribution in [3.8, 4) is 5.75 Å². The summed E-state index contributed by atoms with van der Waals surface area (Å²) < 4.78 is 5.75. The zero-order valence-corrected chi connectivity index (χ0v) is 12.7. The number of amides is 1. The minimum atomic E-state index is -0.274. The first-order valence-electron chi connectivity index (χ1n) is 7.28. The summed E-state index contributed by atoms with van der Waals surface area (Å²) in [7, 11) is 0. The monoisotopic (exact) mass is 289 g/mol. The number of nitrogens with one attached hydrogen (secondary N) is 2. The molecule has 1 aromatic carbocycles. The molecule has 0 radical (unpaired) electrons. The fourth-order valence-electron chi connectivity index (χ4n) is 2.29. The number of fused-ring (bicyclic) bond motifs is 1. The van der Waals surface area contributed by atoms with Crippen LogP contribution in [-0.2, 0) is 11.2 Å². The van der Waals surface area contributed by atoms with Gasteiger partial charge in [0.05, 0.1) is 12.4 Å². The third-order valence-corrected chi connectivity index (χ3v) is 3.92. The SMILES string of the molecule is CC(C)(CCCOc1ccc2c(c1)CCC(=O)N2)C(=N)N. The summed E-state index contributed by atoms with van der Waals surface area (Å²) in [4.78, 5) is 11.3. The molecular weight excluding hydrogens is 266 g/mol. The first-order chi connectivity index (χ1) is 9.88. The first-order valence-corrected chi connectivity index (χ1v) is 7.28. The molecule has 0 unspecified atom stereocenters. The smallest absolute Gasteiger partial charge is 0.224 e. The lowest BCUT2D eigenvalue weighted by molar-refractivity contribution is -0.116. The molecule has 0 spiro atoms. The van der Waals surface area contributed by atoms with E-state index in [2.05, 4.69) is 5.32 Å². The van der Waals surface area contributed by atoms with E-state index in [4.69, 9.17) is 15.9 Å². The molecule has 5 heteroatoms. The molecule has 0 bridgehead atoms. The van der Waals surface area contributed by atoms with E-state index in [1.165, 1.54) is 0 Å². The summed E-state index contributed by atoms with van der Waals surface area (Å²) in [5, 5.41) is 10.4. The molecule has 4 N–H and O–H groups in total. The van der Waals surface area contributed by atoms with Crippen LogP contribution in [0.1, 0.15) is 38.7 Å². The maximum Gasteiger partial charge on any atom is 0.224 e. The summed E-state index contributed by atoms with van der Waals surface area (Å²) in [6, 6.07) is 5.76. The summed E-state index contributed by atoms with van der Waals surface area (Å²) in [5.74, 6) is 1.11. The second-order valence-corrected chi connectivity index (χ2v) is 6.12. The molecular formula is C16H23N3O2. The van der Waals surface area contributed by atoms with Crippen LogP contribution in [0, 0.1) is 10.8 Å². The van der Waals surface area contributed by atoms with Crippen LogP contribution >= 0.6 is 0 Å². The van der Waals surface area contributed by atoms with E-state index >= 15 is 0 Å². The van der Waals surface area contributed by atoms with Gasteiger partial charge in [0.1, 0.15) is 5.75 Å². The van der Waals surface area contributed by atoms with E-state index in [-0.39, 0.29) is 17.2 Å². The number of hydrogen-bond donors (Lipinski definition) is 3. The van der Waals surface area contributed by atoms with Crippen molar-refractivity contribution in [2.45, 2.75) is 39.5 Å². The van der Waals surface area contributed by atoms with Crippen molar-refractivity contribution < 1.29 is 9.53 Å². The Bertz CT molecular complexity index is 552. The van der Waals surface area contributed by atoms with E-state index in [0.717, 1.165) is 36.3 Å². The molecule has 0 aliphatic carbocycles. The molecule has 0 atom stereocenters. The van der Waals surface area contributed by atoms with Crippen LogP contribution < -0.4 is 15.8 Å². The quantitative estimate of drug-likeness (QED) is 0.427. The predicted molar refractivity (Wildman–Crippen MR) is 83.8 cm³/mol. The zero-order valence-electron chi connectivity index (χ0n) is 12.7. The summed E-state index contributed by atoms with van der Waals surface area (Å²) in [5.41, 5.74) is 7.29. The molecule has 5 nitrogen and oxygen atoms in total. The lowest BCUT2D eigenvalue weighted by Crippen LogP contribution is -2.31. The zero-order chi connectivity index (χ0) is 15.5. The topological polar surface area (TPSA) is 88.2 Å². The van der Waals surface area contributed by atoms with Crippen molar-refractivity contribution in [2.24, 2.45) is 11.1 Å². The minimum Gasteiger partial charge on any atom is -0.494 e. The van der Waals surface area contributed by atoms with Crippen LogP contribution in [-0.4, -0.2) is 18.3 Å². The molecule has 1 heterocycles. The summed E-state index contributed by atoms with van der Waals surface area (Å²) >= 11 is 0. The third kappa shape index (κ3) is 3.97. The second kappa shape index (κ2) is 6.16. The molecule has 21 heavy (non-hydrogen) atoms. The number of aryl methyl sites for hydroxylation is 1. The van der Waals surface area contributed by atoms with E-state index in [1.54, 1.807) is 0 Å². The average Bonchev–Trinajstić information content (AvgIpc) is 2.43. The lowest BCUT2D eigenvalue weighted by Gasteiger charge is -2.22. The molecule has 114 valence electrons. The van der Waals surface area contributed by atoms with Crippen molar-refractivity contribution in [1.82, 2.24) is 0 Å². The van der Waals surface area contributed by atoms with Gasteiger partial charge in [-0.25, -0.2) is 0 Å². The van der Waals surface area contributed by atoms with Crippen molar-refractivity contribution >= 4 is 17.4 Å². The second-order valence-electron chi connectivity index (χ2n) is 6.12. The van der Waals surface area contributed by atoms with Gasteiger partial charge in [-0.15, -0.1) is 0 Å². The molecule has 0 saturated heterocycles. The Labute approximate surface area is 125 Å². The molecule has 1 aromatic rings. The average molecular weight is 289 g/mol.